The minimum absolute atomic E-state index is 0.0863. The standard InChI is InChI=1S/C40H59N3O7/c1-15-49-36(46)27(4)25-31(26(2)3)42(12)35(45)32(39(8,9)29-21-23-30(48-14)24-22-29)41-34(44)33(43(13)37(47)50-38(5,6)7)40(10,11)28-19-17-16-18-20-28/h16-26,31-33H,15H2,1-14H3,(H,41,44)/t31-,32-,33-/m1/s1. The van der Waals surface area contributed by atoms with Gasteiger partial charge in [-0.15, -0.1) is 0 Å². The van der Waals surface area contributed by atoms with Crippen LogP contribution < -0.4 is 10.1 Å². The molecule has 0 saturated heterocycles. The molecule has 3 amide bonds. The summed E-state index contributed by atoms with van der Waals surface area (Å²) in [6.07, 6.45) is 1.06. The van der Waals surface area contributed by atoms with Crippen molar-refractivity contribution in [1.29, 1.82) is 0 Å². The Balaban J connectivity index is 2.76. The molecule has 0 aliphatic carbocycles. The van der Waals surface area contributed by atoms with E-state index in [0.29, 0.717) is 11.3 Å². The van der Waals surface area contributed by atoms with Gasteiger partial charge in [0.25, 0.3) is 0 Å². The van der Waals surface area contributed by atoms with Crippen LogP contribution in [0.5, 0.6) is 5.75 Å². The van der Waals surface area contributed by atoms with Crippen LogP contribution >= 0.6 is 0 Å². The topological polar surface area (TPSA) is 114 Å². The number of hydrogen-bond acceptors (Lipinski definition) is 7. The van der Waals surface area contributed by atoms with Gasteiger partial charge in [0.05, 0.1) is 19.8 Å². The number of hydrogen-bond donors (Lipinski definition) is 1. The normalized spacial score (nSPS) is 14.3. The van der Waals surface area contributed by atoms with Gasteiger partial charge in [0.15, 0.2) is 0 Å². The van der Waals surface area contributed by atoms with E-state index in [0.717, 1.165) is 11.1 Å². The van der Waals surface area contributed by atoms with Gasteiger partial charge in [0, 0.05) is 30.5 Å². The largest absolute Gasteiger partial charge is 0.497 e. The molecule has 0 aliphatic heterocycles. The van der Waals surface area contributed by atoms with E-state index in [9.17, 15) is 19.2 Å². The lowest BCUT2D eigenvalue weighted by Gasteiger charge is -2.43. The second kappa shape index (κ2) is 17.1. The predicted octanol–water partition coefficient (Wildman–Crippen LogP) is 6.66. The molecule has 0 aliphatic rings. The fourth-order valence-electron chi connectivity index (χ4n) is 6.08. The summed E-state index contributed by atoms with van der Waals surface area (Å²) in [7, 11) is 4.79. The molecule has 3 atom stereocenters. The Kier molecular flexibility index (Phi) is 14.3. The van der Waals surface area contributed by atoms with Crippen molar-refractivity contribution in [3.8, 4) is 5.75 Å². The minimum atomic E-state index is -1.10. The smallest absolute Gasteiger partial charge is 0.410 e. The molecule has 10 heteroatoms. The molecule has 0 spiro atoms. The minimum Gasteiger partial charge on any atom is -0.497 e. The van der Waals surface area contributed by atoms with Gasteiger partial charge in [-0.05, 0) is 63.8 Å². The summed E-state index contributed by atoms with van der Waals surface area (Å²) in [4.78, 5) is 58.6. The summed E-state index contributed by atoms with van der Waals surface area (Å²) in [5, 5.41) is 3.11. The molecule has 0 saturated carbocycles. The molecular formula is C40H59N3O7. The number of rotatable bonds is 14. The van der Waals surface area contributed by atoms with Gasteiger partial charge in [-0.2, -0.15) is 0 Å². The number of nitrogens with one attached hydrogen (secondary N) is 1. The van der Waals surface area contributed by atoms with E-state index in [1.807, 2.05) is 96.1 Å². The first-order chi connectivity index (χ1) is 23.1. The lowest BCUT2D eigenvalue weighted by Crippen LogP contribution is -2.64. The first-order valence-electron chi connectivity index (χ1n) is 17.2. The van der Waals surface area contributed by atoms with Gasteiger partial charge >= 0.3 is 12.1 Å². The van der Waals surface area contributed by atoms with Crippen LogP contribution in [0.2, 0.25) is 0 Å². The first-order valence-corrected chi connectivity index (χ1v) is 17.2. The molecular weight excluding hydrogens is 634 g/mol. The van der Waals surface area contributed by atoms with Crippen LogP contribution in [0.3, 0.4) is 0 Å². The van der Waals surface area contributed by atoms with Crippen LogP contribution in [0.25, 0.3) is 0 Å². The van der Waals surface area contributed by atoms with Crippen molar-refractivity contribution in [2.75, 3.05) is 27.8 Å². The number of nitrogens with zero attached hydrogens (tertiary/aromatic N) is 2. The summed E-state index contributed by atoms with van der Waals surface area (Å²) in [6, 6.07) is 14.1. The number of ether oxygens (including phenoxy) is 3. The van der Waals surface area contributed by atoms with Crippen molar-refractivity contribution in [2.24, 2.45) is 5.92 Å². The zero-order valence-electron chi connectivity index (χ0n) is 32.5. The van der Waals surface area contributed by atoms with Crippen LogP contribution in [-0.4, -0.2) is 85.2 Å². The van der Waals surface area contributed by atoms with Gasteiger partial charge in [-0.3, -0.25) is 14.5 Å². The molecule has 10 nitrogen and oxygen atoms in total. The van der Waals surface area contributed by atoms with Crippen LogP contribution in [0.1, 0.15) is 87.3 Å². The Labute approximate surface area is 299 Å². The van der Waals surface area contributed by atoms with Gasteiger partial charge in [-0.1, -0.05) is 90.1 Å². The summed E-state index contributed by atoms with van der Waals surface area (Å²) in [6.45, 7) is 20.4. The van der Waals surface area contributed by atoms with E-state index < -0.39 is 52.5 Å². The van der Waals surface area contributed by atoms with Crippen molar-refractivity contribution >= 4 is 23.9 Å². The van der Waals surface area contributed by atoms with Crippen molar-refractivity contribution in [2.45, 2.75) is 111 Å². The van der Waals surface area contributed by atoms with Crippen molar-refractivity contribution in [3.63, 3.8) is 0 Å². The number of benzene rings is 2. The van der Waals surface area contributed by atoms with Gasteiger partial charge in [-0.25, -0.2) is 9.59 Å². The number of carbonyl (C=O) groups is 4. The Morgan fingerprint density at radius 3 is 1.84 bits per heavy atom. The molecule has 2 rings (SSSR count). The van der Waals surface area contributed by atoms with Crippen LogP contribution in [0.4, 0.5) is 4.79 Å². The molecule has 0 unspecified atom stereocenters. The molecule has 0 bridgehead atoms. The quantitative estimate of drug-likeness (QED) is 0.174. The maximum Gasteiger partial charge on any atom is 0.410 e. The predicted molar refractivity (Wildman–Crippen MR) is 197 cm³/mol. The van der Waals surface area contributed by atoms with Crippen molar-refractivity contribution < 1.29 is 33.4 Å². The lowest BCUT2D eigenvalue weighted by molar-refractivity contribution is -0.141. The van der Waals surface area contributed by atoms with E-state index in [-0.39, 0.29) is 18.4 Å². The van der Waals surface area contributed by atoms with E-state index >= 15 is 0 Å². The summed E-state index contributed by atoms with van der Waals surface area (Å²) in [5.74, 6) is -0.797. The third-order valence-electron chi connectivity index (χ3n) is 9.10. The van der Waals surface area contributed by atoms with E-state index in [1.54, 1.807) is 66.8 Å². The van der Waals surface area contributed by atoms with Crippen LogP contribution in [0, 0.1) is 5.92 Å². The van der Waals surface area contributed by atoms with E-state index in [4.69, 9.17) is 14.2 Å². The summed E-state index contributed by atoms with van der Waals surface area (Å²) < 4.78 is 16.3. The van der Waals surface area contributed by atoms with Crippen LogP contribution in [0.15, 0.2) is 66.2 Å². The highest BCUT2D eigenvalue weighted by Gasteiger charge is 2.47. The third kappa shape index (κ3) is 10.3. The zero-order valence-corrected chi connectivity index (χ0v) is 32.5. The number of methoxy groups -OCH3 is 1. The third-order valence-corrected chi connectivity index (χ3v) is 9.10. The Morgan fingerprint density at radius 1 is 0.820 bits per heavy atom. The molecule has 2 aromatic carbocycles. The SMILES string of the molecule is CCOC(=O)C(C)=C[C@H](C(C)C)N(C)C(=O)[C@@H](NC(=O)[C@@H](N(C)C(=O)OC(C)(C)C)C(C)(C)c1ccccc1)C(C)(C)c1ccc(OC)cc1. The van der Waals surface area contributed by atoms with Gasteiger partial charge in [0.1, 0.15) is 23.4 Å². The second-order valence-electron chi connectivity index (χ2n) is 15.2. The molecule has 50 heavy (non-hydrogen) atoms. The fraction of sp³-hybridized carbons (Fsp3) is 0.550. The number of carbonyl (C=O) groups excluding carboxylic acids is 4. The van der Waals surface area contributed by atoms with Gasteiger partial charge < -0.3 is 24.4 Å². The average Bonchev–Trinajstić information content (AvgIpc) is 3.04. The maximum absolute atomic E-state index is 14.8. The molecule has 0 radical (unpaired) electrons. The molecule has 1 N–H and O–H groups in total. The monoisotopic (exact) mass is 693 g/mol. The maximum atomic E-state index is 14.8. The molecule has 0 fully saturated rings. The molecule has 276 valence electrons. The van der Waals surface area contributed by atoms with E-state index in [1.165, 1.54) is 4.90 Å². The van der Waals surface area contributed by atoms with Crippen LogP contribution in [-0.2, 0) is 34.7 Å². The lowest BCUT2D eigenvalue weighted by atomic mass is 9.74. The van der Waals surface area contributed by atoms with Crippen molar-refractivity contribution in [1.82, 2.24) is 15.1 Å². The highest BCUT2D eigenvalue weighted by atomic mass is 16.6. The fourth-order valence-corrected chi connectivity index (χ4v) is 6.08. The highest BCUT2D eigenvalue weighted by molar-refractivity contribution is 5.94. The number of likely N-dealkylation sites (N-methyl/N-ethyl adjacent to an activating group) is 2. The van der Waals surface area contributed by atoms with Gasteiger partial charge in [0.2, 0.25) is 11.8 Å². The summed E-state index contributed by atoms with van der Waals surface area (Å²) in [5.41, 5.74) is -0.694. The molecule has 0 aromatic heterocycles. The zero-order chi connectivity index (χ0) is 38.2. The molecule has 2 aromatic rings. The Bertz CT molecular complexity index is 1490. The van der Waals surface area contributed by atoms with Crippen molar-refractivity contribution in [3.05, 3.63) is 77.4 Å². The number of esters is 1. The first kappa shape index (κ1) is 41.8. The highest BCUT2D eigenvalue weighted by Crippen LogP contribution is 2.34. The Morgan fingerprint density at radius 2 is 1.36 bits per heavy atom. The second-order valence-corrected chi connectivity index (χ2v) is 15.2. The Hall–Kier alpha value is -4.34. The number of amides is 3. The summed E-state index contributed by atoms with van der Waals surface area (Å²) >= 11 is 0. The molecule has 0 heterocycles. The average molecular weight is 694 g/mol. The van der Waals surface area contributed by atoms with E-state index in [2.05, 4.69) is 5.32 Å².